The Hall–Kier alpha value is -1.87. The SMILES string of the molecule is COc1cc(C)nc2ccc(C3=C[C@@H]4CC[C@H](C3)O4)cc12. The zero-order valence-corrected chi connectivity index (χ0v) is 12.4. The van der Waals surface area contributed by atoms with Crippen LogP contribution in [0.3, 0.4) is 0 Å². The molecule has 1 aromatic heterocycles. The van der Waals surface area contributed by atoms with Gasteiger partial charge in [-0.25, -0.2) is 0 Å². The van der Waals surface area contributed by atoms with E-state index in [4.69, 9.17) is 9.47 Å². The third-order valence-corrected chi connectivity index (χ3v) is 4.46. The summed E-state index contributed by atoms with van der Waals surface area (Å²) in [5.74, 6) is 0.898. The minimum Gasteiger partial charge on any atom is -0.496 e. The lowest BCUT2D eigenvalue weighted by atomic mass is 9.96. The minimum absolute atomic E-state index is 0.312. The molecule has 3 heterocycles. The van der Waals surface area contributed by atoms with Crippen molar-refractivity contribution in [3.8, 4) is 5.75 Å². The molecule has 0 unspecified atom stereocenters. The lowest BCUT2D eigenvalue weighted by Gasteiger charge is -2.21. The van der Waals surface area contributed by atoms with Gasteiger partial charge in [-0.3, -0.25) is 4.98 Å². The molecule has 0 radical (unpaired) electrons. The molecule has 3 nitrogen and oxygen atoms in total. The molecule has 0 amide bonds. The van der Waals surface area contributed by atoms with Crippen LogP contribution in [0.5, 0.6) is 5.75 Å². The average molecular weight is 281 g/mol. The Morgan fingerprint density at radius 1 is 1.24 bits per heavy atom. The van der Waals surface area contributed by atoms with E-state index < -0.39 is 0 Å². The molecule has 0 aliphatic carbocycles. The standard InChI is InChI=1S/C18H19NO2/c1-11-7-18(20-2)16-10-12(3-6-17(16)19-11)13-8-14-4-5-15(9-13)21-14/h3,6-8,10,14-15H,4-5,9H2,1-2H3/t14-,15+/m0/s1. The Labute approximate surface area is 124 Å². The number of hydrogen-bond donors (Lipinski definition) is 0. The van der Waals surface area contributed by atoms with Crippen LogP contribution in [0.25, 0.3) is 16.5 Å². The largest absolute Gasteiger partial charge is 0.496 e. The number of hydrogen-bond acceptors (Lipinski definition) is 3. The van der Waals surface area contributed by atoms with Gasteiger partial charge >= 0.3 is 0 Å². The van der Waals surface area contributed by atoms with Gasteiger partial charge in [0.2, 0.25) is 0 Å². The summed E-state index contributed by atoms with van der Waals surface area (Å²) in [4.78, 5) is 4.59. The number of aryl methyl sites for hydroxylation is 1. The van der Waals surface area contributed by atoms with E-state index in [1.165, 1.54) is 17.6 Å². The maximum absolute atomic E-state index is 5.88. The third-order valence-electron chi connectivity index (χ3n) is 4.46. The Morgan fingerprint density at radius 2 is 2.14 bits per heavy atom. The highest BCUT2D eigenvalue weighted by Gasteiger charge is 2.29. The Balaban J connectivity index is 1.82. The molecule has 2 aliphatic rings. The summed E-state index contributed by atoms with van der Waals surface area (Å²) in [6, 6.07) is 8.47. The fraction of sp³-hybridized carbons (Fsp3) is 0.389. The molecule has 0 N–H and O–H groups in total. The number of aromatic nitrogens is 1. The predicted molar refractivity (Wildman–Crippen MR) is 83.5 cm³/mol. The second-order valence-corrected chi connectivity index (χ2v) is 5.97. The molecule has 1 saturated heterocycles. The molecule has 108 valence electrons. The van der Waals surface area contributed by atoms with Crippen molar-refractivity contribution < 1.29 is 9.47 Å². The maximum atomic E-state index is 5.88. The molecule has 21 heavy (non-hydrogen) atoms. The van der Waals surface area contributed by atoms with Crippen molar-refractivity contribution in [3.05, 3.63) is 41.6 Å². The van der Waals surface area contributed by atoms with Crippen molar-refractivity contribution in [3.63, 3.8) is 0 Å². The first-order chi connectivity index (χ1) is 10.2. The summed E-state index contributed by atoms with van der Waals surface area (Å²) in [6.07, 6.45) is 6.37. The molecule has 1 aromatic carbocycles. The van der Waals surface area contributed by atoms with Crippen LogP contribution < -0.4 is 4.74 Å². The first kappa shape index (κ1) is 12.8. The van der Waals surface area contributed by atoms with E-state index in [9.17, 15) is 0 Å². The van der Waals surface area contributed by atoms with Crippen molar-refractivity contribution in [1.82, 2.24) is 4.98 Å². The van der Waals surface area contributed by atoms with Crippen LogP contribution in [0.2, 0.25) is 0 Å². The van der Waals surface area contributed by atoms with Gasteiger partial charge in [0.15, 0.2) is 0 Å². The average Bonchev–Trinajstić information content (AvgIpc) is 2.84. The lowest BCUT2D eigenvalue weighted by Crippen LogP contribution is -2.15. The van der Waals surface area contributed by atoms with Gasteiger partial charge in [0.25, 0.3) is 0 Å². The normalized spacial score (nSPS) is 24.2. The van der Waals surface area contributed by atoms with Gasteiger partial charge in [0.05, 0.1) is 24.8 Å². The Bertz CT molecular complexity index is 735. The molecule has 2 aliphatic heterocycles. The molecule has 4 rings (SSSR count). The van der Waals surface area contributed by atoms with Gasteiger partial charge in [-0.2, -0.15) is 0 Å². The molecule has 3 heteroatoms. The Kier molecular flexibility index (Phi) is 2.96. The number of nitrogens with zero attached hydrogens (tertiary/aromatic N) is 1. The van der Waals surface area contributed by atoms with Crippen LogP contribution >= 0.6 is 0 Å². The Morgan fingerprint density at radius 3 is 2.95 bits per heavy atom. The van der Waals surface area contributed by atoms with Crippen LogP contribution in [0.15, 0.2) is 30.3 Å². The van der Waals surface area contributed by atoms with Crippen molar-refractivity contribution >= 4 is 16.5 Å². The van der Waals surface area contributed by atoms with Crippen molar-refractivity contribution in [2.24, 2.45) is 0 Å². The maximum Gasteiger partial charge on any atom is 0.130 e. The van der Waals surface area contributed by atoms with Gasteiger partial charge in [0.1, 0.15) is 5.75 Å². The van der Waals surface area contributed by atoms with Crippen molar-refractivity contribution in [2.75, 3.05) is 7.11 Å². The van der Waals surface area contributed by atoms with E-state index in [0.29, 0.717) is 12.2 Å². The number of methoxy groups -OCH3 is 1. The van der Waals surface area contributed by atoms with Gasteiger partial charge < -0.3 is 9.47 Å². The third kappa shape index (κ3) is 2.22. The summed E-state index contributed by atoms with van der Waals surface area (Å²) >= 11 is 0. The zero-order valence-electron chi connectivity index (χ0n) is 12.4. The number of rotatable bonds is 2. The van der Waals surface area contributed by atoms with Crippen LogP contribution in [0.4, 0.5) is 0 Å². The molecule has 1 fully saturated rings. The smallest absolute Gasteiger partial charge is 0.130 e. The van der Waals surface area contributed by atoms with Gasteiger partial charge in [-0.05, 0) is 49.5 Å². The van der Waals surface area contributed by atoms with Crippen molar-refractivity contribution in [2.45, 2.75) is 38.4 Å². The molecule has 0 saturated carbocycles. The van der Waals surface area contributed by atoms with E-state index in [0.717, 1.165) is 35.2 Å². The fourth-order valence-electron chi connectivity index (χ4n) is 3.45. The summed E-state index contributed by atoms with van der Waals surface area (Å²) < 4.78 is 11.4. The zero-order chi connectivity index (χ0) is 14.4. The summed E-state index contributed by atoms with van der Waals surface area (Å²) in [6.45, 7) is 1.99. The van der Waals surface area contributed by atoms with Crippen LogP contribution in [-0.2, 0) is 4.74 Å². The first-order valence-corrected chi connectivity index (χ1v) is 7.55. The second kappa shape index (κ2) is 4.85. The number of benzene rings is 1. The summed E-state index contributed by atoms with van der Waals surface area (Å²) in [7, 11) is 1.72. The first-order valence-electron chi connectivity index (χ1n) is 7.55. The highest BCUT2D eigenvalue weighted by Crippen LogP contribution is 2.37. The summed E-state index contributed by atoms with van der Waals surface area (Å²) in [5.41, 5.74) is 4.64. The topological polar surface area (TPSA) is 31.4 Å². The molecule has 2 atom stereocenters. The highest BCUT2D eigenvalue weighted by molar-refractivity contribution is 5.89. The molecular weight excluding hydrogens is 262 g/mol. The quantitative estimate of drug-likeness (QED) is 0.837. The number of fused-ring (bicyclic) bond motifs is 3. The van der Waals surface area contributed by atoms with Crippen molar-refractivity contribution in [1.29, 1.82) is 0 Å². The monoisotopic (exact) mass is 281 g/mol. The van der Waals surface area contributed by atoms with Crippen LogP contribution in [0.1, 0.15) is 30.5 Å². The number of ether oxygens (including phenoxy) is 2. The van der Waals surface area contributed by atoms with E-state index >= 15 is 0 Å². The molecule has 0 spiro atoms. The summed E-state index contributed by atoms with van der Waals surface area (Å²) in [5, 5.41) is 1.08. The molecular formula is C18H19NO2. The van der Waals surface area contributed by atoms with E-state index in [2.05, 4.69) is 29.3 Å². The lowest BCUT2D eigenvalue weighted by molar-refractivity contribution is 0.0671. The van der Waals surface area contributed by atoms with E-state index in [1.807, 2.05) is 13.0 Å². The van der Waals surface area contributed by atoms with Crippen LogP contribution in [-0.4, -0.2) is 24.3 Å². The molecule has 2 aromatic rings. The minimum atomic E-state index is 0.312. The van der Waals surface area contributed by atoms with Gasteiger partial charge in [-0.15, -0.1) is 0 Å². The van der Waals surface area contributed by atoms with E-state index in [-0.39, 0.29) is 0 Å². The predicted octanol–water partition coefficient (Wildman–Crippen LogP) is 3.89. The van der Waals surface area contributed by atoms with Gasteiger partial charge in [0, 0.05) is 17.1 Å². The van der Waals surface area contributed by atoms with E-state index in [1.54, 1.807) is 7.11 Å². The van der Waals surface area contributed by atoms with Crippen LogP contribution in [0, 0.1) is 6.92 Å². The fourth-order valence-corrected chi connectivity index (χ4v) is 3.45. The van der Waals surface area contributed by atoms with Gasteiger partial charge in [-0.1, -0.05) is 12.1 Å². The molecule has 2 bridgehead atoms. The highest BCUT2D eigenvalue weighted by atomic mass is 16.5. The number of pyridine rings is 1. The second-order valence-electron chi connectivity index (χ2n) is 5.97.